The van der Waals surface area contributed by atoms with Crippen LogP contribution >= 0.6 is 0 Å². The summed E-state index contributed by atoms with van der Waals surface area (Å²) in [7, 11) is 1.96. The Morgan fingerprint density at radius 3 is 2.70 bits per heavy atom. The molecule has 2 aliphatic heterocycles. The number of hydrogen-bond donors (Lipinski definition) is 1. The van der Waals surface area contributed by atoms with Crippen LogP contribution in [0.2, 0.25) is 0 Å². The molecule has 1 spiro atoms. The summed E-state index contributed by atoms with van der Waals surface area (Å²) in [6.07, 6.45) is 3.34. The third kappa shape index (κ3) is 2.75. The average molecular weight is 403 g/mol. The van der Waals surface area contributed by atoms with Gasteiger partial charge in [0.1, 0.15) is 11.4 Å². The maximum atomic E-state index is 13.2. The number of piperidine rings is 1. The second-order valence-electron chi connectivity index (χ2n) is 8.16. The molecule has 1 N–H and O–H groups in total. The number of carbonyl (C=O) groups is 1. The number of nitrogens with zero attached hydrogens (tertiary/aromatic N) is 3. The number of para-hydroxylation sites is 1. The lowest BCUT2D eigenvalue weighted by molar-refractivity contribution is -0.00174. The topological polar surface area (TPSA) is 67.6 Å². The molecule has 1 aromatic heterocycles. The van der Waals surface area contributed by atoms with Gasteiger partial charge in [-0.15, -0.1) is 0 Å². The predicted molar refractivity (Wildman–Crippen MR) is 113 cm³/mol. The van der Waals surface area contributed by atoms with Crippen molar-refractivity contribution >= 4 is 5.91 Å². The van der Waals surface area contributed by atoms with Gasteiger partial charge in [0.15, 0.2) is 0 Å². The van der Waals surface area contributed by atoms with Crippen LogP contribution in [0.1, 0.15) is 39.9 Å². The van der Waals surface area contributed by atoms with Crippen LogP contribution in [0.4, 0.5) is 0 Å². The van der Waals surface area contributed by atoms with Gasteiger partial charge in [-0.1, -0.05) is 24.3 Å². The molecule has 3 heterocycles. The number of rotatable bonds is 2. The van der Waals surface area contributed by atoms with Crippen molar-refractivity contribution in [2.24, 2.45) is 7.05 Å². The van der Waals surface area contributed by atoms with E-state index in [2.05, 4.69) is 11.2 Å². The molecule has 154 valence electrons. The van der Waals surface area contributed by atoms with E-state index < -0.39 is 5.60 Å². The molecule has 3 aromatic rings. The number of benzene rings is 2. The number of aromatic nitrogens is 2. The fraction of sp³-hybridized carbons (Fsp3) is 0.333. The maximum Gasteiger partial charge on any atom is 0.254 e. The highest BCUT2D eigenvalue weighted by molar-refractivity contribution is 5.96. The van der Waals surface area contributed by atoms with E-state index in [0.29, 0.717) is 31.5 Å². The van der Waals surface area contributed by atoms with Crippen LogP contribution in [0.3, 0.4) is 0 Å². The number of likely N-dealkylation sites (tertiary alicyclic amines) is 1. The van der Waals surface area contributed by atoms with E-state index in [-0.39, 0.29) is 12.5 Å². The number of aryl methyl sites for hydroxylation is 1. The van der Waals surface area contributed by atoms with E-state index in [4.69, 9.17) is 4.74 Å². The number of ether oxygens (including phenoxy) is 1. The largest absolute Gasteiger partial charge is 0.482 e. The van der Waals surface area contributed by atoms with Gasteiger partial charge in [-0.2, -0.15) is 5.10 Å². The minimum absolute atomic E-state index is 0.0141. The first-order chi connectivity index (χ1) is 14.5. The summed E-state index contributed by atoms with van der Waals surface area (Å²) in [6.45, 7) is 3.05. The second-order valence-corrected chi connectivity index (χ2v) is 8.16. The summed E-state index contributed by atoms with van der Waals surface area (Å²) >= 11 is 0. The van der Waals surface area contributed by atoms with Crippen molar-refractivity contribution in [1.82, 2.24) is 14.7 Å². The molecule has 0 atom stereocenters. The molecule has 1 saturated heterocycles. The lowest BCUT2D eigenvalue weighted by Gasteiger charge is -2.44. The summed E-state index contributed by atoms with van der Waals surface area (Å²) in [6, 6.07) is 13.6. The summed E-state index contributed by atoms with van der Waals surface area (Å²) in [5.74, 6) is 0.889. The molecule has 2 aliphatic rings. The van der Waals surface area contributed by atoms with Gasteiger partial charge in [0.25, 0.3) is 5.91 Å². The first-order valence-corrected chi connectivity index (χ1v) is 10.3. The minimum Gasteiger partial charge on any atom is -0.482 e. The fourth-order valence-electron chi connectivity index (χ4n) is 4.81. The highest BCUT2D eigenvalue weighted by atomic mass is 16.5. The minimum atomic E-state index is -0.462. The Morgan fingerprint density at radius 1 is 1.17 bits per heavy atom. The predicted octanol–water partition coefficient (Wildman–Crippen LogP) is 3.41. The van der Waals surface area contributed by atoms with E-state index in [9.17, 15) is 9.90 Å². The van der Waals surface area contributed by atoms with E-state index in [1.54, 1.807) is 0 Å². The molecule has 0 radical (unpaired) electrons. The van der Waals surface area contributed by atoms with Gasteiger partial charge in [0, 0.05) is 49.7 Å². The highest BCUT2D eigenvalue weighted by Gasteiger charge is 2.45. The molecule has 0 aliphatic carbocycles. The van der Waals surface area contributed by atoms with Crippen molar-refractivity contribution in [3.8, 4) is 17.0 Å². The zero-order valence-electron chi connectivity index (χ0n) is 17.3. The zero-order valence-corrected chi connectivity index (χ0v) is 17.3. The summed E-state index contributed by atoms with van der Waals surface area (Å²) < 4.78 is 8.49. The molecule has 2 aromatic carbocycles. The van der Waals surface area contributed by atoms with Crippen LogP contribution in [-0.2, 0) is 19.3 Å². The smallest absolute Gasteiger partial charge is 0.254 e. The van der Waals surface area contributed by atoms with Crippen molar-refractivity contribution in [2.75, 3.05) is 13.1 Å². The van der Waals surface area contributed by atoms with Crippen molar-refractivity contribution in [1.29, 1.82) is 0 Å². The Kier molecular flexibility index (Phi) is 4.40. The molecule has 5 rings (SSSR count). The maximum absolute atomic E-state index is 13.2. The molecule has 0 saturated carbocycles. The summed E-state index contributed by atoms with van der Waals surface area (Å²) in [4.78, 5) is 15.1. The van der Waals surface area contributed by atoms with E-state index in [1.165, 1.54) is 0 Å². The van der Waals surface area contributed by atoms with Crippen molar-refractivity contribution < 1.29 is 14.6 Å². The molecule has 6 heteroatoms. The van der Waals surface area contributed by atoms with E-state index in [0.717, 1.165) is 33.7 Å². The van der Waals surface area contributed by atoms with Crippen molar-refractivity contribution in [2.45, 2.75) is 32.0 Å². The summed E-state index contributed by atoms with van der Waals surface area (Å²) in [5.41, 5.74) is 5.11. The number of aliphatic hydroxyl groups is 1. The lowest BCUT2D eigenvalue weighted by atomic mass is 9.81. The number of carbonyl (C=O) groups excluding carboxylic acids is 1. The zero-order chi connectivity index (χ0) is 20.9. The standard InChI is InChI=1S/C24H25N3O3/c1-16-17(15-28)6-5-8-18(16)23(29)27-12-10-24(11-13-27)20-14-25-26(2)22(20)19-7-3-4-9-21(19)30-24/h3-9,14,28H,10-13,15H2,1-2H3. The van der Waals surface area contributed by atoms with Gasteiger partial charge in [0.05, 0.1) is 18.5 Å². The van der Waals surface area contributed by atoms with E-state index >= 15 is 0 Å². The first kappa shape index (κ1) is 18.9. The van der Waals surface area contributed by atoms with Crippen LogP contribution in [0.25, 0.3) is 11.3 Å². The van der Waals surface area contributed by atoms with E-state index in [1.807, 2.05) is 66.1 Å². The molecule has 1 fully saturated rings. The molecular weight excluding hydrogens is 378 g/mol. The second kappa shape index (κ2) is 6.99. The summed E-state index contributed by atoms with van der Waals surface area (Å²) in [5, 5.41) is 14.0. The Labute approximate surface area is 175 Å². The number of aliphatic hydroxyl groups excluding tert-OH is 1. The van der Waals surface area contributed by atoms with Crippen LogP contribution in [0, 0.1) is 6.92 Å². The number of amides is 1. The molecule has 1 amide bonds. The number of fused-ring (bicyclic) bond motifs is 4. The molecule has 0 unspecified atom stereocenters. The third-order valence-corrected chi connectivity index (χ3v) is 6.58. The highest BCUT2D eigenvalue weighted by Crippen LogP contribution is 2.49. The van der Waals surface area contributed by atoms with Gasteiger partial charge in [-0.05, 0) is 36.2 Å². The van der Waals surface area contributed by atoms with Crippen LogP contribution in [0.15, 0.2) is 48.7 Å². The van der Waals surface area contributed by atoms with Crippen molar-refractivity contribution in [3.05, 3.63) is 70.9 Å². The normalized spacial score (nSPS) is 16.7. The molecule has 6 nitrogen and oxygen atoms in total. The SMILES string of the molecule is Cc1c(CO)cccc1C(=O)N1CCC2(CC1)Oc1ccccc1-c1c2cnn1C. The Balaban J connectivity index is 1.43. The van der Waals surface area contributed by atoms with Crippen LogP contribution in [-0.4, -0.2) is 38.8 Å². The van der Waals surface area contributed by atoms with Gasteiger partial charge >= 0.3 is 0 Å². The Hall–Kier alpha value is -3.12. The molecule has 0 bridgehead atoms. The number of hydrogen-bond acceptors (Lipinski definition) is 4. The monoisotopic (exact) mass is 403 g/mol. The average Bonchev–Trinajstić information content (AvgIpc) is 3.17. The van der Waals surface area contributed by atoms with Gasteiger partial charge in [-0.25, -0.2) is 0 Å². The first-order valence-electron chi connectivity index (χ1n) is 10.3. The van der Waals surface area contributed by atoms with Crippen LogP contribution < -0.4 is 4.74 Å². The Morgan fingerprint density at radius 2 is 1.93 bits per heavy atom. The van der Waals surface area contributed by atoms with Gasteiger partial charge in [-0.3, -0.25) is 9.48 Å². The lowest BCUT2D eigenvalue weighted by Crippen LogP contribution is -2.49. The third-order valence-electron chi connectivity index (χ3n) is 6.58. The molecular formula is C24H25N3O3. The van der Waals surface area contributed by atoms with Crippen molar-refractivity contribution in [3.63, 3.8) is 0 Å². The fourth-order valence-corrected chi connectivity index (χ4v) is 4.81. The van der Waals surface area contributed by atoms with Crippen LogP contribution in [0.5, 0.6) is 5.75 Å². The van der Waals surface area contributed by atoms with Gasteiger partial charge < -0.3 is 14.7 Å². The molecule has 30 heavy (non-hydrogen) atoms. The Bertz CT molecular complexity index is 1130. The van der Waals surface area contributed by atoms with Gasteiger partial charge in [0.2, 0.25) is 0 Å². The quantitative estimate of drug-likeness (QED) is 0.712.